The maximum Gasteiger partial charge on any atom is 0.333 e. The van der Waals surface area contributed by atoms with Crippen molar-refractivity contribution in [3.8, 4) is 0 Å². The first kappa shape index (κ1) is 13.2. The Morgan fingerprint density at radius 2 is 1.84 bits per heavy atom. The van der Waals surface area contributed by atoms with Crippen LogP contribution in [0.4, 0.5) is 0 Å². The SMILES string of the molecule is C=C(C)C(=O)OC(C)(C)C1CC2CC1C1CCCC21. The van der Waals surface area contributed by atoms with Gasteiger partial charge in [-0.05, 0) is 70.1 Å². The van der Waals surface area contributed by atoms with Crippen LogP contribution in [0.15, 0.2) is 12.2 Å². The molecule has 0 aliphatic heterocycles. The largest absolute Gasteiger partial charge is 0.456 e. The maximum absolute atomic E-state index is 11.8. The van der Waals surface area contributed by atoms with E-state index in [-0.39, 0.29) is 11.6 Å². The summed E-state index contributed by atoms with van der Waals surface area (Å²) in [4.78, 5) is 11.8. The lowest BCUT2D eigenvalue weighted by Crippen LogP contribution is -2.42. The molecule has 3 rings (SSSR count). The normalized spacial score (nSPS) is 40.3. The van der Waals surface area contributed by atoms with Crippen LogP contribution in [0.3, 0.4) is 0 Å². The molecule has 3 saturated carbocycles. The van der Waals surface area contributed by atoms with Gasteiger partial charge < -0.3 is 4.74 Å². The summed E-state index contributed by atoms with van der Waals surface area (Å²) in [6, 6.07) is 0. The predicted molar refractivity (Wildman–Crippen MR) is 75.5 cm³/mol. The van der Waals surface area contributed by atoms with Crippen LogP contribution < -0.4 is 0 Å². The van der Waals surface area contributed by atoms with Gasteiger partial charge in [0.25, 0.3) is 0 Å². The summed E-state index contributed by atoms with van der Waals surface area (Å²) in [5, 5.41) is 0. The highest BCUT2D eigenvalue weighted by atomic mass is 16.6. The summed E-state index contributed by atoms with van der Waals surface area (Å²) >= 11 is 0. The predicted octanol–water partition coefficient (Wildman–Crippen LogP) is 3.96. The second kappa shape index (κ2) is 4.36. The van der Waals surface area contributed by atoms with Crippen LogP contribution in [0, 0.1) is 29.6 Å². The Labute approximate surface area is 116 Å². The fraction of sp³-hybridized carbons (Fsp3) is 0.824. The molecule has 2 heteroatoms. The zero-order valence-electron chi connectivity index (χ0n) is 12.4. The molecule has 0 aromatic rings. The fourth-order valence-corrected chi connectivity index (χ4v) is 5.27. The number of hydrogen-bond acceptors (Lipinski definition) is 2. The van der Waals surface area contributed by atoms with Gasteiger partial charge in [0.15, 0.2) is 0 Å². The summed E-state index contributed by atoms with van der Waals surface area (Å²) in [5.74, 6) is 3.95. The summed E-state index contributed by atoms with van der Waals surface area (Å²) in [6.45, 7) is 9.62. The second-order valence-corrected chi connectivity index (χ2v) is 7.53. The number of esters is 1. The Morgan fingerprint density at radius 3 is 2.53 bits per heavy atom. The van der Waals surface area contributed by atoms with Gasteiger partial charge in [0, 0.05) is 11.5 Å². The minimum atomic E-state index is -0.330. The molecule has 0 radical (unpaired) electrons. The Balaban J connectivity index is 1.73. The molecule has 2 bridgehead atoms. The minimum Gasteiger partial charge on any atom is -0.456 e. The zero-order valence-corrected chi connectivity index (χ0v) is 12.4. The smallest absolute Gasteiger partial charge is 0.333 e. The Morgan fingerprint density at radius 1 is 1.16 bits per heavy atom. The number of carbonyl (C=O) groups is 1. The minimum absolute atomic E-state index is 0.226. The molecule has 3 fully saturated rings. The summed E-state index contributed by atoms with van der Waals surface area (Å²) in [5.41, 5.74) is 0.179. The Kier molecular flexibility index (Phi) is 3.03. The maximum atomic E-state index is 11.8. The zero-order chi connectivity index (χ0) is 13.8. The van der Waals surface area contributed by atoms with E-state index >= 15 is 0 Å². The van der Waals surface area contributed by atoms with Gasteiger partial charge in [-0.2, -0.15) is 0 Å². The molecule has 0 saturated heterocycles. The van der Waals surface area contributed by atoms with Crippen molar-refractivity contribution in [2.45, 2.75) is 58.5 Å². The molecule has 5 unspecified atom stereocenters. The third-order valence-electron chi connectivity index (χ3n) is 6.03. The fourth-order valence-electron chi connectivity index (χ4n) is 5.27. The van der Waals surface area contributed by atoms with Crippen molar-refractivity contribution in [1.29, 1.82) is 0 Å². The lowest BCUT2D eigenvalue weighted by atomic mass is 9.70. The second-order valence-electron chi connectivity index (χ2n) is 7.53. The molecular weight excluding hydrogens is 236 g/mol. The first-order chi connectivity index (χ1) is 8.90. The number of carbonyl (C=O) groups excluding carboxylic acids is 1. The molecule has 0 N–H and O–H groups in total. The van der Waals surface area contributed by atoms with Crippen LogP contribution in [-0.4, -0.2) is 11.6 Å². The van der Waals surface area contributed by atoms with Crippen molar-refractivity contribution in [1.82, 2.24) is 0 Å². The number of hydrogen-bond donors (Lipinski definition) is 0. The van der Waals surface area contributed by atoms with E-state index in [1.54, 1.807) is 6.92 Å². The van der Waals surface area contributed by atoms with Crippen LogP contribution in [0.5, 0.6) is 0 Å². The van der Waals surface area contributed by atoms with E-state index in [4.69, 9.17) is 4.74 Å². The average Bonchev–Trinajstić information content (AvgIpc) is 3.00. The lowest BCUT2D eigenvalue weighted by molar-refractivity contribution is -0.160. The number of rotatable bonds is 3. The van der Waals surface area contributed by atoms with Crippen LogP contribution in [0.1, 0.15) is 52.9 Å². The van der Waals surface area contributed by atoms with Crippen LogP contribution in [0.25, 0.3) is 0 Å². The van der Waals surface area contributed by atoms with E-state index in [2.05, 4.69) is 20.4 Å². The van der Waals surface area contributed by atoms with Gasteiger partial charge in [0.2, 0.25) is 0 Å². The first-order valence-corrected chi connectivity index (χ1v) is 7.79. The highest BCUT2D eigenvalue weighted by Crippen LogP contribution is 2.63. The van der Waals surface area contributed by atoms with Gasteiger partial charge in [-0.3, -0.25) is 0 Å². The molecule has 0 aromatic heterocycles. The van der Waals surface area contributed by atoms with E-state index in [1.165, 1.54) is 32.1 Å². The standard InChI is InChI=1S/C17H26O2/c1-10(2)16(18)19-17(3,4)15-9-11-8-14(15)13-7-5-6-12(11)13/h11-15H,1,5-9H2,2-4H3. The molecule has 5 atom stereocenters. The quantitative estimate of drug-likeness (QED) is 0.568. The van der Waals surface area contributed by atoms with E-state index in [0.29, 0.717) is 11.5 Å². The molecule has 3 aliphatic carbocycles. The van der Waals surface area contributed by atoms with Gasteiger partial charge in [0.05, 0.1) is 0 Å². The van der Waals surface area contributed by atoms with Gasteiger partial charge in [-0.1, -0.05) is 13.0 Å². The Hall–Kier alpha value is -0.790. The molecular formula is C17H26O2. The summed E-state index contributed by atoms with van der Waals surface area (Å²) in [7, 11) is 0. The topological polar surface area (TPSA) is 26.3 Å². The average molecular weight is 262 g/mol. The first-order valence-electron chi connectivity index (χ1n) is 7.79. The van der Waals surface area contributed by atoms with Crippen LogP contribution in [0.2, 0.25) is 0 Å². The molecule has 0 heterocycles. The van der Waals surface area contributed by atoms with E-state index in [0.717, 1.165) is 23.7 Å². The van der Waals surface area contributed by atoms with Crippen LogP contribution in [-0.2, 0) is 9.53 Å². The Bertz CT molecular complexity index is 409. The highest BCUT2D eigenvalue weighted by Gasteiger charge is 2.57. The van der Waals surface area contributed by atoms with Crippen molar-refractivity contribution in [3.05, 3.63) is 12.2 Å². The summed E-state index contributed by atoms with van der Waals surface area (Å²) in [6.07, 6.45) is 6.93. The van der Waals surface area contributed by atoms with Gasteiger partial charge >= 0.3 is 5.97 Å². The molecule has 0 amide bonds. The monoisotopic (exact) mass is 262 g/mol. The van der Waals surface area contributed by atoms with E-state index < -0.39 is 0 Å². The summed E-state index contributed by atoms with van der Waals surface area (Å²) < 4.78 is 5.75. The molecule has 3 aliphatic rings. The van der Waals surface area contributed by atoms with Crippen molar-refractivity contribution in [2.75, 3.05) is 0 Å². The van der Waals surface area contributed by atoms with Crippen molar-refractivity contribution in [3.63, 3.8) is 0 Å². The van der Waals surface area contributed by atoms with Gasteiger partial charge in [0.1, 0.15) is 5.60 Å². The highest BCUT2D eigenvalue weighted by molar-refractivity contribution is 5.87. The molecule has 0 aromatic carbocycles. The van der Waals surface area contributed by atoms with E-state index in [9.17, 15) is 4.79 Å². The molecule has 19 heavy (non-hydrogen) atoms. The lowest BCUT2D eigenvalue weighted by Gasteiger charge is -2.41. The molecule has 2 nitrogen and oxygen atoms in total. The third-order valence-corrected chi connectivity index (χ3v) is 6.03. The molecule has 0 spiro atoms. The number of fused-ring (bicyclic) bond motifs is 5. The van der Waals surface area contributed by atoms with E-state index in [1.807, 2.05) is 0 Å². The van der Waals surface area contributed by atoms with Gasteiger partial charge in [-0.15, -0.1) is 0 Å². The van der Waals surface area contributed by atoms with Crippen molar-refractivity contribution in [2.24, 2.45) is 29.6 Å². The van der Waals surface area contributed by atoms with Crippen molar-refractivity contribution >= 4 is 5.97 Å². The van der Waals surface area contributed by atoms with Gasteiger partial charge in [-0.25, -0.2) is 4.79 Å². The third kappa shape index (κ3) is 2.04. The number of ether oxygens (including phenoxy) is 1. The van der Waals surface area contributed by atoms with Crippen molar-refractivity contribution < 1.29 is 9.53 Å². The molecule has 106 valence electrons. The van der Waals surface area contributed by atoms with Crippen LogP contribution >= 0.6 is 0 Å².